The SMILES string of the molecule is CCC(C(N)=O)N1CCC(CI)CCC1=O.CCC(C(N)=O)N1CCC(CO)CCC1=O.CCOC(=O)C1CCC(=O)CC1.CCOC(=O)C1CCC(=O)N(C(CC)C(=O)O)CC1.CCOC(=O)C1CCC(=O)N(C(CC)C(=O)OC(C)(C)C)CC1.CCOC(=O)C1CCC(=O)N(C(CC)C(N)=O)CC1.CCOC(=O)C1CCNC(=O)CC1. The number of carboxylic acid groups (broad SMARTS) is 1. The van der Waals surface area contributed by atoms with E-state index >= 15 is 0 Å². The first-order chi connectivity index (χ1) is 55.9. The van der Waals surface area contributed by atoms with Gasteiger partial charge in [-0.05, 0) is 189 Å². The van der Waals surface area contributed by atoms with E-state index in [4.69, 9.17) is 55.8 Å². The fraction of sp³-hybridized carbons (Fsp3) is 0.795. The van der Waals surface area contributed by atoms with Gasteiger partial charge in [0.15, 0.2) is 0 Å². The van der Waals surface area contributed by atoms with Crippen LogP contribution in [0.4, 0.5) is 0 Å². The van der Waals surface area contributed by atoms with Crippen molar-refractivity contribution in [2.75, 3.05) is 83.3 Å². The molecule has 674 valence electrons. The molecule has 0 radical (unpaired) electrons. The number of esters is 6. The Bertz CT molecular complexity index is 3100. The van der Waals surface area contributed by atoms with Crippen LogP contribution in [0.25, 0.3) is 0 Å². The molecular formula is C83H140IN9O25. The van der Waals surface area contributed by atoms with Gasteiger partial charge in [0.05, 0.1) is 62.6 Å². The van der Waals surface area contributed by atoms with Crippen molar-refractivity contribution in [2.24, 2.45) is 58.6 Å². The summed E-state index contributed by atoms with van der Waals surface area (Å²) in [4.78, 5) is 205. The Morgan fingerprint density at radius 3 is 0.958 bits per heavy atom. The zero-order chi connectivity index (χ0) is 89.4. The lowest BCUT2D eigenvalue weighted by atomic mass is 9.88. The van der Waals surface area contributed by atoms with Gasteiger partial charge in [-0.25, -0.2) is 9.59 Å². The second kappa shape index (κ2) is 58.7. The van der Waals surface area contributed by atoms with Crippen LogP contribution < -0.4 is 22.5 Å². The topological polar surface area (TPSA) is 492 Å². The molecule has 0 aromatic carbocycles. The number of alkyl halides is 1. The van der Waals surface area contributed by atoms with E-state index in [0.717, 1.165) is 23.7 Å². The number of amides is 9. The highest BCUT2D eigenvalue weighted by Crippen LogP contribution is 2.29. The molecular weight excluding hydrogens is 1650 g/mol. The van der Waals surface area contributed by atoms with Crippen LogP contribution in [0, 0.1) is 41.4 Å². The number of rotatable bonds is 27. The summed E-state index contributed by atoms with van der Waals surface area (Å²) in [6.07, 6.45) is 14.6. The molecule has 6 saturated heterocycles. The van der Waals surface area contributed by atoms with E-state index in [9.17, 15) is 81.5 Å². The second-order valence-corrected chi connectivity index (χ2v) is 31.8. The van der Waals surface area contributed by atoms with Crippen LogP contribution in [0.3, 0.4) is 0 Å². The molecule has 11 unspecified atom stereocenters. The van der Waals surface area contributed by atoms with Crippen LogP contribution in [0.5, 0.6) is 0 Å². The van der Waals surface area contributed by atoms with Gasteiger partial charge in [0, 0.05) is 102 Å². The monoisotopic (exact) mass is 1790 g/mol. The van der Waals surface area contributed by atoms with Crippen LogP contribution in [-0.4, -0.2) is 255 Å². The number of hydrogen-bond donors (Lipinski definition) is 6. The second-order valence-electron chi connectivity index (χ2n) is 30.9. The Kier molecular flexibility index (Phi) is 53.7. The van der Waals surface area contributed by atoms with Gasteiger partial charge in [-0.1, -0.05) is 57.2 Å². The molecule has 7 rings (SSSR count). The lowest BCUT2D eigenvalue weighted by Gasteiger charge is -2.31. The molecule has 0 aromatic heterocycles. The number of aliphatic carboxylic acids is 1. The maximum Gasteiger partial charge on any atom is 0.329 e. The Balaban J connectivity index is 0.000000694. The summed E-state index contributed by atoms with van der Waals surface area (Å²) in [6.45, 7) is 28.2. The summed E-state index contributed by atoms with van der Waals surface area (Å²) >= 11 is 2.36. The molecule has 9 amide bonds. The minimum Gasteiger partial charge on any atom is -0.480 e. The first kappa shape index (κ1) is 108. The van der Waals surface area contributed by atoms with Gasteiger partial charge in [-0.2, -0.15) is 0 Å². The number of likely N-dealkylation sites (tertiary alicyclic amines) is 5. The van der Waals surface area contributed by atoms with Crippen molar-refractivity contribution in [3.05, 3.63) is 0 Å². The van der Waals surface area contributed by atoms with E-state index in [0.29, 0.717) is 213 Å². The summed E-state index contributed by atoms with van der Waals surface area (Å²) in [5.74, 6) is -4.07. The molecule has 118 heavy (non-hydrogen) atoms. The standard InChI is InChI=1S/C17H29NO5.C13H22N2O4.C13H21NO5.C11H19IN2O2.C11H20N2O3.C9H15NO3.C9H14O3/c1-6-13(16(21)23-17(3,4)5)18-11-10-12(8-9-14(18)19)15(20)22-7-2;1-3-10(12(14)17)15-8-7-9(5-6-11(15)16)13(18)19-4-2;1-3-10(12(16)17)14-8-7-9(5-6-11(14)15)13(18)19-4-2;1-2-9(11(13)16)14-6-5-8(7-12)3-4-10(14)15;1-2-9(11(12)16)13-6-5-8(7-14)3-4-10(13)15;1-2-13-9(12)7-3-4-8(11)10-6-5-7;1-2-12-9(11)7-3-5-8(10)6-4-7/h12-13H,6-11H2,1-5H3;9-10H,3-8H2,1-2H3,(H2,14,17);9-10H,3-8H2,1-2H3,(H,16,17);8-9H,2-7H2,1H3,(H2,13,16);8-9,14H,2-7H2,1H3,(H2,12,16);7H,2-6H2,1H3,(H,10,11);7H,2-6H2,1H3. The number of carbonyl (C=O) groups is 17. The van der Waals surface area contributed by atoms with Gasteiger partial charge < -0.3 is 85.7 Å². The van der Waals surface area contributed by atoms with Crippen molar-refractivity contribution in [1.82, 2.24) is 29.8 Å². The molecule has 9 N–H and O–H groups in total. The minimum absolute atomic E-state index is 0.0253. The van der Waals surface area contributed by atoms with Crippen molar-refractivity contribution in [1.29, 1.82) is 0 Å². The van der Waals surface area contributed by atoms with Crippen LogP contribution >= 0.6 is 22.6 Å². The van der Waals surface area contributed by atoms with E-state index in [1.165, 1.54) is 9.80 Å². The normalized spacial score (nSPS) is 22.0. The number of nitrogens with two attached hydrogens (primary N) is 3. The molecule has 6 aliphatic heterocycles. The number of aliphatic hydroxyl groups excluding tert-OH is 1. The van der Waals surface area contributed by atoms with Crippen LogP contribution in [-0.2, 0) is 110 Å². The Labute approximate surface area is 710 Å². The lowest BCUT2D eigenvalue weighted by molar-refractivity contribution is -0.165. The van der Waals surface area contributed by atoms with Gasteiger partial charge in [-0.15, -0.1) is 0 Å². The maximum absolute atomic E-state index is 12.4. The highest BCUT2D eigenvalue weighted by molar-refractivity contribution is 14.1. The van der Waals surface area contributed by atoms with E-state index in [-0.39, 0.29) is 144 Å². The van der Waals surface area contributed by atoms with Crippen molar-refractivity contribution in [2.45, 2.75) is 299 Å². The van der Waals surface area contributed by atoms with E-state index in [1.807, 2.05) is 27.7 Å². The summed E-state index contributed by atoms with van der Waals surface area (Å²) in [6, 6.07) is -2.88. The van der Waals surface area contributed by atoms with E-state index in [2.05, 4.69) is 27.9 Å². The number of ketones is 1. The Morgan fingerprint density at radius 1 is 0.390 bits per heavy atom. The fourth-order valence-electron chi connectivity index (χ4n) is 14.6. The van der Waals surface area contributed by atoms with Gasteiger partial charge in [0.25, 0.3) is 0 Å². The maximum atomic E-state index is 12.4. The number of hydrogen-bond acceptors (Lipinski definition) is 24. The molecule has 1 saturated carbocycles. The number of primary amides is 3. The molecule has 34 nitrogen and oxygen atoms in total. The molecule has 6 heterocycles. The number of nitrogens with zero attached hydrogens (tertiary/aromatic N) is 5. The van der Waals surface area contributed by atoms with Crippen molar-refractivity contribution in [3.8, 4) is 0 Å². The number of Topliss-reactive ketones (excluding diaryl/α,β-unsaturated/α-hetero) is 1. The number of ether oxygens (including phenoxy) is 6. The number of nitrogens with one attached hydrogen (secondary N) is 1. The Hall–Kier alpha value is -8.12. The highest BCUT2D eigenvalue weighted by Gasteiger charge is 2.39. The van der Waals surface area contributed by atoms with Crippen molar-refractivity contribution >= 4 is 123 Å². The zero-order valence-corrected chi connectivity index (χ0v) is 74.5. The number of aliphatic hydroxyl groups is 1. The van der Waals surface area contributed by atoms with Crippen LogP contribution in [0.1, 0.15) is 263 Å². The van der Waals surface area contributed by atoms with Gasteiger partial charge in [-0.3, -0.25) is 71.9 Å². The largest absolute Gasteiger partial charge is 0.480 e. The average Bonchev–Trinajstić information content (AvgIpc) is 1.53. The molecule has 11 atom stereocenters. The van der Waals surface area contributed by atoms with Crippen molar-refractivity contribution in [3.63, 3.8) is 0 Å². The van der Waals surface area contributed by atoms with Gasteiger partial charge in [0.2, 0.25) is 53.2 Å². The minimum atomic E-state index is -0.995. The summed E-state index contributed by atoms with van der Waals surface area (Å²) < 4.78 is 31.2. The van der Waals surface area contributed by atoms with Crippen LogP contribution in [0.2, 0.25) is 0 Å². The first-order valence-corrected chi connectivity index (χ1v) is 44.0. The third-order valence-electron chi connectivity index (χ3n) is 21.4. The smallest absolute Gasteiger partial charge is 0.329 e. The quantitative estimate of drug-likeness (QED) is 0.0214. The van der Waals surface area contributed by atoms with E-state index in [1.54, 1.807) is 77.0 Å². The predicted octanol–water partition coefficient (Wildman–Crippen LogP) is 6.74. The third kappa shape index (κ3) is 39.4. The molecule has 0 spiro atoms. The number of halogens is 1. The summed E-state index contributed by atoms with van der Waals surface area (Å²) in [5.41, 5.74) is 15.3. The molecule has 7 fully saturated rings. The first-order valence-electron chi connectivity index (χ1n) is 42.5. The third-order valence-corrected chi connectivity index (χ3v) is 22.6. The lowest BCUT2D eigenvalue weighted by Crippen LogP contribution is -2.47. The number of carboxylic acids is 1. The number of carbonyl (C=O) groups excluding carboxylic acids is 16. The highest BCUT2D eigenvalue weighted by atomic mass is 127. The Morgan fingerprint density at radius 2 is 0.661 bits per heavy atom. The fourth-order valence-corrected chi connectivity index (χ4v) is 15.5. The average molecular weight is 1790 g/mol. The van der Waals surface area contributed by atoms with Crippen LogP contribution in [0.15, 0.2) is 0 Å². The summed E-state index contributed by atoms with van der Waals surface area (Å²) in [5, 5.41) is 20.9. The van der Waals surface area contributed by atoms with Gasteiger partial charge in [0.1, 0.15) is 41.6 Å². The molecule has 35 heteroatoms. The predicted molar refractivity (Wildman–Crippen MR) is 443 cm³/mol. The molecule has 1 aliphatic carbocycles. The molecule has 0 bridgehead atoms. The van der Waals surface area contributed by atoms with Crippen molar-refractivity contribution < 1.29 is 120 Å². The molecule has 0 aromatic rings. The molecule has 7 aliphatic rings. The summed E-state index contributed by atoms with van der Waals surface area (Å²) in [7, 11) is 0. The van der Waals surface area contributed by atoms with Gasteiger partial charge >= 0.3 is 41.8 Å². The zero-order valence-electron chi connectivity index (χ0n) is 72.3. The van der Waals surface area contributed by atoms with E-state index < -0.39 is 53.6 Å².